The van der Waals surface area contributed by atoms with E-state index in [0.29, 0.717) is 12.5 Å². The van der Waals surface area contributed by atoms with Crippen molar-refractivity contribution in [3.05, 3.63) is 36.2 Å². The molecule has 1 N–H and O–H groups in total. The second-order valence-electron chi connectivity index (χ2n) is 4.32. The maximum absolute atomic E-state index is 5.59. The molecule has 1 fully saturated rings. The Morgan fingerprint density at radius 1 is 1.28 bits per heavy atom. The zero-order valence-electron chi connectivity index (χ0n) is 10.0. The topological polar surface area (TPSA) is 47.0 Å². The SMILES string of the molecule is c1ccc(OCCNc2nc(C3CC3)ns2)cc1. The largest absolute Gasteiger partial charge is 0.492 e. The van der Waals surface area contributed by atoms with Crippen LogP contribution >= 0.6 is 11.5 Å². The number of benzene rings is 1. The molecule has 1 aliphatic rings. The summed E-state index contributed by atoms with van der Waals surface area (Å²) in [5.41, 5.74) is 0. The number of hydrogen-bond acceptors (Lipinski definition) is 5. The van der Waals surface area contributed by atoms with Gasteiger partial charge in [0.25, 0.3) is 0 Å². The van der Waals surface area contributed by atoms with Gasteiger partial charge in [-0.15, -0.1) is 0 Å². The standard InChI is InChI=1S/C13H15N3OS/c1-2-4-11(5-3-1)17-9-8-14-13-15-12(16-18-13)10-6-7-10/h1-5,10H,6-9H2,(H,14,15,16). The van der Waals surface area contributed by atoms with Crippen LogP contribution in [0.1, 0.15) is 24.6 Å². The van der Waals surface area contributed by atoms with E-state index < -0.39 is 0 Å². The van der Waals surface area contributed by atoms with Crippen LogP contribution in [0.3, 0.4) is 0 Å². The predicted octanol–water partition coefficient (Wildman–Crippen LogP) is 2.91. The fourth-order valence-electron chi connectivity index (χ4n) is 1.66. The van der Waals surface area contributed by atoms with Crippen molar-refractivity contribution in [1.29, 1.82) is 0 Å². The number of rotatable bonds is 6. The summed E-state index contributed by atoms with van der Waals surface area (Å²) in [6.45, 7) is 1.37. The van der Waals surface area contributed by atoms with Gasteiger partial charge in [0.05, 0.1) is 6.54 Å². The van der Waals surface area contributed by atoms with Gasteiger partial charge >= 0.3 is 0 Å². The lowest BCUT2D eigenvalue weighted by Gasteiger charge is -2.05. The molecule has 2 aromatic rings. The van der Waals surface area contributed by atoms with Gasteiger partial charge in [0.15, 0.2) is 0 Å². The van der Waals surface area contributed by atoms with Crippen LogP contribution < -0.4 is 10.1 Å². The molecule has 1 aromatic heterocycles. The molecule has 1 aromatic carbocycles. The van der Waals surface area contributed by atoms with Crippen LogP contribution in [0.25, 0.3) is 0 Å². The van der Waals surface area contributed by atoms with E-state index in [1.165, 1.54) is 24.4 Å². The number of nitrogens with zero attached hydrogens (tertiary/aromatic N) is 2. The Balaban J connectivity index is 1.41. The number of para-hydroxylation sites is 1. The Labute approximate surface area is 110 Å². The number of nitrogens with one attached hydrogen (secondary N) is 1. The second kappa shape index (κ2) is 5.35. The molecular weight excluding hydrogens is 246 g/mol. The summed E-state index contributed by atoms with van der Waals surface area (Å²) in [5, 5.41) is 4.13. The normalized spacial score (nSPS) is 14.4. The summed E-state index contributed by atoms with van der Waals surface area (Å²) in [5.74, 6) is 2.53. The average Bonchev–Trinajstić information content (AvgIpc) is 3.16. The maximum atomic E-state index is 5.59. The molecule has 3 rings (SSSR count). The van der Waals surface area contributed by atoms with Gasteiger partial charge in [-0.2, -0.15) is 4.37 Å². The van der Waals surface area contributed by atoms with Gasteiger partial charge in [-0.1, -0.05) is 18.2 Å². The Hall–Kier alpha value is -1.62. The Kier molecular flexibility index (Phi) is 3.41. The lowest BCUT2D eigenvalue weighted by atomic mass is 10.3. The van der Waals surface area contributed by atoms with Crippen molar-refractivity contribution in [1.82, 2.24) is 9.36 Å². The third-order valence-electron chi connectivity index (χ3n) is 2.77. The van der Waals surface area contributed by atoms with Gasteiger partial charge in [-0.3, -0.25) is 0 Å². The predicted molar refractivity (Wildman–Crippen MR) is 72.3 cm³/mol. The second-order valence-corrected chi connectivity index (χ2v) is 5.07. The third kappa shape index (κ3) is 2.98. The van der Waals surface area contributed by atoms with E-state index >= 15 is 0 Å². The van der Waals surface area contributed by atoms with Crippen LogP contribution in [-0.2, 0) is 0 Å². The van der Waals surface area contributed by atoms with Crippen LogP contribution in [0.5, 0.6) is 5.75 Å². The van der Waals surface area contributed by atoms with Crippen molar-refractivity contribution in [2.45, 2.75) is 18.8 Å². The average molecular weight is 261 g/mol. The van der Waals surface area contributed by atoms with Crippen LogP contribution in [0.15, 0.2) is 30.3 Å². The fourth-order valence-corrected chi connectivity index (χ4v) is 2.33. The molecule has 5 heteroatoms. The first kappa shape index (κ1) is 11.5. The van der Waals surface area contributed by atoms with Crippen molar-refractivity contribution in [2.75, 3.05) is 18.5 Å². The highest BCUT2D eigenvalue weighted by atomic mass is 32.1. The van der Waals surface area contributed by atoms with Crippen molar-refractivity contribution < 1.29 is 4.74 Å². The van der Waals surface area contributed by atoms with Crippen molar-refractivity contribution in [2.24, 2.45) is 0 Å². The van der Waals surface area contributed by atoms with Crippen molar-refractivity contribution in [3.63, 3.8) is 0 Å². The Morgan fingerprint density at radius 3 is 2.89 bits per heavy atom. The number of ether oxygens (including phenoxy) is 1. The van der Waals surface area contributed by atoms with Crippen LogP contribution in [0, 0.1) is 0 Å². The quantitative estimate of drug-likeness (QED) is 0.812. The minimum atomic E-state index is 0.623. The smallest absolute Gasteiger partial charge is 0.202 e. The van der Waals surface area contributed by atoms with Gasteiger partial charge in [-0.05, 0) is 25.0 Å². The molecule has 1 saturated carbocycles. The maximum Gasteiger partial charge on any atom is 0.202 e. The molecule has 1 aliphatic carbocycles. The highest BCUT2D eigenvalue weighted by molar-refractivity contribution is 7.09. The first-order valence-electron chi connectivity index (χ1n) is 6.17. The van der Waals surface area contributed by atoms with Crippen molar-refractivity contribution in [3.8, 4) is 5.75 Å². The highest BCUT2D eigenvalue weighted by Gasteiger charge is 2.27. The van der Waals surface area contributed by atoms with Crippen LogP contribution in [0.4, 0.5) is 5.13 Å². The molecule has 18 heavy (non-hydrogen) atoms. The van der Waals surface area contributed by atoms with E-state index in [1.54, 1.807) is 0 Å². The van der Waals surface area contributed by atoms with Gasteiger partial charge < -0.3 is 10.1 Å². The van der Waals surface area contributed by atoms with E-state index in [9.17, 15) is 0 Å². The van der Waals surface area contributed by atoms with Gasteiger partial charge in [-0.25, -0.2) is 4.98 Å². The zero-order chi connectivity index (χ0) is 12.2. The molecule has 94 valence electrons. The zero-order valence-corrected chi connectivity index (χ0v) is 10.8. The van der Waals surface area contributed by atoms with E-state index in [-0.39, 0.29) is 0 Å². The number of aromatic nitrogens is 2. The molecule has 1 heterocycles. The summed E-state index contributed by atoms with van der Waals surface area (Å²) in [4.78, 5) is 4.46. The number of hydrogen-bond donors (Lipinski definition) is 1. The van der Waals surface area contributed by atoms with Crippen LogP contribution in [-0.4, -0.2) is 22.5 Å². The molecule has 4 nitrogen and oxygen atoms in total. The first-order chi connectivity index (χ1) is 8.92. The van der Waals surface area contributed by atoms with E-state index in [4.69, 9.17) is 4.74 Å². The molecule has 0 aliphatic heterocycles. The minimum absolute atomic E-state index is 0.623. The van der Waals surface area contributed by atoms with Gasteiger partial charge in [0.2, 0.25) is 5.13 Å². The number of anilines is 1. The molecule has 0 bridgehead atoms. The van der Waals surface area contributed by atoms with Crippen LogP contribution in [0.2, 0.25) is 0 Å². The molecule has 0 spiro atoms. The minimum Gasteiger partial charge on any atom is -0.492 e. The Bertz CT molecular complexity index is 496. The summed E-state index contributed by atoms with van der Waals surface area (Å²) in [6.07, 6.45) is 2.49. The molecule has 0 atom stereocenters. The van der Waals surface area contributed by atoms with Crippen molar-refractivity contribution >= 4 is 16.7 Å². The molecule has 0 unspecified atom stereocenters. The molecule has 0 radical (unpaired) electrons. The molecule has 0 saturated heterocycles. The van der Waals surface area contributed by atoms with E-state index in [0.717, 1.165) is 23.3 Å². The molecule has 0 amide bonds. The first-order valence-corrected chi connectivity index (χ1v) is 6.94. The highest BCUT2D eigenvalue weighted by Crippen LogP contribution is 2.39. The summed E-state index contributed by atoms with van der Waals surface area (Å²) < 4.78 is 9.93. The lowest BCUT2D eigenvalue weighted by molar-refractivity contribution is 0.333. The Morgan fingerprint density at radius 2 is 2.11 bits per heavy atom. The fraction of sp³-hybridized carbons (Fsp3) is 0.385. The molecular formula is C13H15N3OS. The summed E-state index contributed by atoms with van der Waals surface area (Å²) in [7, 11) is 0. The van der Waals surface area contributed by atoms with Gasteiger partial charge in [0, 0.05) is 17.5 Å². The van der Waals surface area contributed by atoms with E-state index in [1.807, 2.05) is 30.3 Å². The van der Waals surface area contributed by atoms with E-state index in [2.05, 4.69) is 14.7 Å². The summed E-state index contributed by atoms with van der Waals surface area (Å²) >= 11 is 1.44. The third-order valence-corrected chi connectivity index (χ3v) is 3.46. The monoisotopic (exact) mass is 261 g/mol. The summed E-state index contributed by atoms with van der Waals surface area (Å²) in [6, 6.07) is 9.82. The van der Waals surface area contributed by atoms with Gasteiger partial charge in [0.1, 0.15) is 18.2 Å². The lowest BCUT2D eigenvalue weighted by Crippen LogP contribution is -2.11.